The molecule has 0 unspecified atom stereocenters. The monoisotopic (exact) mass is 325 g/mol. The number of nitrogens with zero attached hydrogens (tertiary/aromatic N) is 2. The molecule has 1 aromatic heterocycles. The zero-order chi connectivity index (χ0) is 14.3. The Kier molecular flexibility index (Phi) is 3.67. The lowest BCUT2D eigenvalue weighted by atomic mass is 10.2. The highest BCUT2D eigenvalue weighted by Crippen LogP contribution is 2.42. The molecule has 20 heavy (non-hydrogen) atoms. The topological polar surface area (TPSA) is 51.8 Å². The van der Waals surface area contributed by atoms with Crippen molar-refractivity contribution < 1.29 is 0 Å². The summed E-state index contributed by atoms with van der Waals surface area (Å²) < 4.78 is 0. The van der Waals surface area contributed by atoms with Gasteiger partial charge in [0.1, 0.15) is 5.03 Å². The molecule has 3 nitrogen and oxygen atoms in total. The average Bonchev–Trinajstić information content (AvgIpc) is 3.16. The van der Waals surface area contributed by atoms with Crippen LogP contribution in [0.15, 0.2) is 34.3 Å². The lowest BCUT2D eigenvalue weighted by molar-refractivity contribution is 0.688. The first kappa shape index (κ1) is 14.1. The average molecular weight is 326 g/mol. The highest BCUT2D eigenvalue weighted by molar-refractivity contribution is 7.99. The summed E-state index contributed by atoms with van der Waals surface area (Å²) in [5, 5.41) is 1.90. The van der Waals surface area contributed by atoms with Crippen molar-refractivity contribution in [1.82, 2.24) is 9.97 Å². The highest BCUT2D eigenvalue weighted by Gasteiger charge is 2.42. The molecule has 104 valence electrons. The minimum absolute atomic E-state index is 0.255. The molecular formula is C14H13Cl2N3S. The Morgan fingerprint density at radius 1 is 1.30 bits per heavy atom. The Hall–Kier alpha value is -0.810. The zero-order valence-electron chi connectivity index (χ0n) is 10.9. The van der Waals surface area contributed by atoms with E-state index < -0.39 is 0 Å². The Morgan fingerprint density at radius 3 is 2.70 bits per heavy atom. The molecule has 1 saturated carbocycles. The molecule has 2 aromatic rings. The number of halogens is 2. The zero-order valence-corrected chi connectivity index (χ0v) is 13.2. The van der Waals surface area contributed by atoms with Crippen molar-refractivity contribution >= 4 is 35.0 Å². The predicted octanol–water partition coefficient (Wildman–Crippen LogP) is 4.19. The fourth-order valence-electron chi connectivity index (χ4n) is 1.87. The van der Waals surface area contributed by atoms with Gasteiger partial charge in [-0.25, -0.2) is 4.98 Å². The molecule has 1 aromatic carbocycles. The summed E-state index contributed by atoms with van der Waals surface area (Å²) in [4.78, 5) is 9.91. The summed E-state index contributed by atoms with van der Waals surface area (Å²) in [5.74, 6) is 0. The number of hydrogen-bond acceptors (Lipinski definition) is 4. The SMILES string of the molecule is Cc1nc(C2(N)CC2)cnc1Sc1cccc(Cl)c1Cl. The van der Waals surface area contributed by atoms with Crippen LogP contribution in [-0.2, 0) is 5.54 Å². The minimum Gasteiger partial charge on any atom is -0.320 e. The fraction of sp³-hybridized carbons (Fsp3) is 0.286. The van der Waals surface area contributed by atoms with Crippen LogP contribution in [0.3, 0.4) is 0 Å². The lowest BCUT2D eigenvalue weighted by Crippen LogP contribution is -2.21. The normalized spacial score (nSPS) is 16.2. The van der Waals surface area contributed by atoms with E-state index in [-0.39, 0.29) is 5.54 Å². The second-order valence-electron chi connectivity index (χ2n) is 4.96. The van der Waals surface area contributed by atoms with E-state index in [9.17, 15) is 0 Å². The quantitative estimate of drug-likeness (QED) is 0.919. The first-order valence-corrected chi connectivity index (χ1v) is 7.82. The molecule has 2 N–H and O–H groups in total. The third-order valence-electron chi connectivity index (χ3n) is 3.32. The molecule has 6 heteroatoms. The van der Waals surface area contributed by atoms with Crippen LogP contribution in [0.2, 0.25) is 10.0 Å². The van der Waals surface area contributed by atoms with E-state index in [1.54, 1.807) is 12.3 Å². The van der Waals surface area contributed by atoms with Gasteiger partial charge in [0.05, 0.1) is 33.2 Å². The van der Waals surface area contributed by atoms with Crippen molar-refractivity contribution in [3.8, 4) is 0 Å². The van der Waals surface area contributed by atoms with Crippen LogP contribution in [0.5, 0.6) is 0 Å². The first-order chi connectivity index (χ1) is 9.49. The van der Waals surface area contributed by atoms with E-state index in [1.165, 1.54) is 11.8 Å². The number of aromatic nitrogens is 2. The molecular weight excluding hydrogens is 313 g/mol. The van der Waals surface area contributed by atoms with Gasteiger partial charge in [-0.05, 0) is 31.9 Å². The van der Waals surface area contributed by atoms with E-state index in [1.807, 2.05) is 19.1 Å². The standard InChI is InChI=1S/C14H13Cl2N3S/c1-8-13(18-7-11(19-8)14(17)5-6-14)20-10-4-2-3-9(15)12(10)16/h2-4,7H,5-6,17H2,1H3. The third-order valence-corrected chi connectivity index (χ3v) is 5.41. The molecule has 0 spiro atoms. The van der Waals surface area contributed by atoms with Crippen LogP contribution in [-0.4, -0.2) is 9.97 Å². The molecule has 1 aliphatic rings. The molecule has 0 bridgehead atoms. The number of nitrogens with two attached hydrogens (primary N) is 1. The lowest BCUT2D eigenvalue weighted by Gasteiger charge is -2.11. The van der Waals surface area contributed by atoms with Gasteiger partial charge in [0.15, 0.2) is 0 Å². The molecule has 0 amide bonds. The summed E-state index contributed by atoms with van der Waals surface area (Å²) >= 11 is 13.7. The number of benzene rings is 1. The van der Waals surface area contributed by atoms with Crippen LogP contribution in [0.1, 0.15) is 24.2 Å². The Bertz CT molecular complexity index is 671. The van der Waals surface area contributed by atoms with Gasteiger partial charge < -0.3 is 5.73 Å². The number of hydrogen-bond donors (Lipinski definition) is 1. The summed E-state index contributed by atoms with van der Waals surface area (Å²) in [6.07, 6.45) is 3.72. The van der Waals surface area contributed by atoms with Crippen LogP contribution < -0.4 is 5.73 Å². The number of aryl methyl sites for hydroxylation is 1. The summed E-state index contributed by atoms with van der Waals surface area (Å²) in [6, 6.07) is 5.55. The van der Waals surface area contributed by atoms with Gasteiger partial charge in [-0.1, -0.05) is 41.0 Å². The second kappa shape index (κ2) is 5.19. The maximum Gasteiger partial charge on any atom is 0.122 e. The molecule has 3 rings (SSSR count). The van der Waals surface area contributed by atoms with Gasteiger partial charge in [-0.15, -0.1) is 0 Å². The van der Waals surface area contributed by atoms with Crippen molar-refractivity contribution in [2.45, 2.75) is 35.2 Å². The third kappa shape index (κ3) is 2.66. The van der Waals surface area contributed by atoms with E-state index in [4.69, 9.17) is 28.9 Å². The molecule has 1 fully saturated rings. The molecule has 0 atom stereocenters. The van der Waals surface area contributed by atoms with E-state index in [0.29, 0.717) is 10.0 Å². The van der Waals surface area contributed by atoms with Crippen molar-refractivity contribution in [3.63, 3.8) is 0 Å². The minimum atomic E-state index is -0.255. The second-order valence-corrected chi connectivity index (χ2v) is 6.77. The Labute approximate surface area is 131 Å². The first-order valence-electron chi connectivity index (χ1n) is 6.24. The van der Waals surface area contributed by atoms with Crippen molar-refractivity contribution in [2.75, 3.05) is 0 Å². The smallest absolute Gasteiger partial charge is 0.122 e. The van der Waals surface area contributed by atoms with Gasteiger partial charge in [-0.3, -0.25) is 4.98 Å². The van der Waals surface area contributed by atoms with Crippen molar-refractivity contribution in [3.05, 3.63) is 45.8 Å². The summed E-state index contributed by atoms with van der Waals surface area (Å²) in [6.45, 7) is 1.93. The fourth-order valence-corrected chi connectivity index (χ4v) is 3.19. The predicted molar refractivity (Wildman–Crippen MR) is 82.5 cm³/mol. The highest BCUT2D eigenvalue weighted by atomic mass is 35.5. The van der Waals surface area contributed by atoms with Gasteiger partial charge in [0.2, 0.25) is 0 Å². The van der Waals surface area contributed by atoms with E-state index in [0.717, 1.165) is 34.2 Å². The van der Waals surface area contributed by atoms with Crippen LogP contribution in [0.4, 0.5) is 0 Å². The van der Waals surface area contributed by atoms with Crippen LogP contribution in [0.25, 0.3) is 0 Å². The summed E-state index contributed by atoms with van der Waals surface area (Å²) in [5.41, 5.74) is 7.61. The van der Waals surface area contributed by atoms with Gasteiger partial charge in [-0.2, -0.15) is 0 Å². The molecule has 0 aliphatic heterocycles. The van der Waals surface area contributed by atoms with E-state index in [2.05, 4.69) is 9.97 Å². The largest absolute Gasteiger partial charge is 0.320 e. The Morgan fingerprint density at radius 2 is 2.05 bits per heavy atom. The van der Waals surface area contributed by atoms with Crippen molar-refractivity contribution in [1.29, 1.82) is 0 Å². The molecule has 1 heterocycles. The Balaban J connectivity index is 1.89. The molecule has 1 aliphatic carbocycles. The van der Waals surface area contributed by atoms with Gasteiger partial charge in [0, 0.05) is 4.90 Å². The maximum absolute atomic E-state index is 6.19. The van der Waals surface area contributed by atoms with Gasteiger partial charge in [0.25, 0.3) is 0 Å². The van der Waals surface area contributed by atoms with Crippen molar-refractivity contribution in [2.24, 2.45) is 5.73 Å². The summed E-state index contributed by atoms with van der Waals surface area (Å²) in [7, 11) is 0. The van der Waals surface area contributed by atoms with Gasteiger partial charge >= 0.3 is 0 Å². The molecule has 0 radical (unpaired) electrons. The molecule has 0 saturated heterocycles. The van der Waals surface area contributed by atoms with Crippen LogP contribution >= 0.6 is 35.0 Å². The van der Waals surface area contributed by atoms with Crippen LogP contribution in [0, 0.1) is 6.92 Å². The van der Waals surface area contributed by atoms with E-state index >= 15 is 0 Å². The number of rotatable bonds is 3. The maximum atomic E-state index is 6.19.